The number of halogens is 1. The lowest BCUT2D eigenvalue weighted by atomic mass is 10.0. The summed E-state index contributed by atoms with van der Waals surface area (Å²) in [6, 6.07) is 0.116. The second-order valence-corrected chi connectivity index (χ2v) is 6.83. The molecule has 0 amide bonds. The van der Waals surface area contributed by atoms with Gasteiger partial charge in [-0.2, -0.15) is 0 Å². The van der Waals surface area contributed by atoms with Crippen molar-refractivity contribution in [1.82, 2.24) is 19.4 Å². The molecule has 1 saturated heterocycles. The van der Waals surface area contributed by atoms with Crippen molar-refractivity contribution in [3.05, 3.63) is 17.2 Å². The molecule has 0 aromatic carbocycles. The predicted octanol–water partition coefficient (Wildman–Crippen LogP) is 1.49. The fraction of sp³-hybridized carbons (Fsp3) is 0.786. The third-order valence-electron chi connectivity index (χ3n) is 4.13. The average molecular weight is 300 g/mol. The second-order valence-electron chi connectivity index (χ2n) is 6.48. The van der Waals surface area contributed by atoms with Gasteiger partial charge in [-0.15, -0.1) is 0 Å². The van der Waals surface area contributed by atoms with E-state index in [9.17, 15) is 0 Å². The highest BCUT2D eigenvalue weighted by Gasteiger charge is 2.31. The lowest BCUT2D eigenvalue weighted by molar-refractivity contribution is 0.0426. The highest BCUT2D eigenvalue weighted by Crippen LogP contribution is 2.27. The molecule has 1 atom stereocenters. The number of rotatable bonds is 3. The van der Waals surface area contributed by atoms with Crippen molar-refractivity contribution >= 4 is 11.6 Å². The van der Waals surface area contributed by atoms with E-state index in [1.165, 1.54) is 0 Å². The van der Waals surface area contributed by atoms with Crippen molar-refractivity contribution in [3.8, 4) is 0 Å². The molecule has 114 valence electrons. The number of aryl methyl sites for hydroxylation is 1. The number of hydrogen-bond acceptors (Lipinski definition) is 4. The first kappa shape index (κ1) is 15.8. The molecule has 1 aromatic heterocycles. The van der Waals surface area contributed by atoms with Gasteiger partial charge in [0.25, 0.3) is 0 Å². The summed E-state index contributed by atoms with van der Waals surface area (Å²) in [6.45, 7) is 11.5. The Morgan fingerprint density at radius 3 is 2.30 bits per heavy atom. The van der Waals surface area contributed by atoms with Crippen LogP contribution in [0.25, 0.3) is 0 Å². The summed E-state index contributed by atoms with van der Waals surface area (Å²) in [5, 5.41) is 0.693. The van der Waals surface area contributed by atoms with Crippen LogP contribution < -0.4 is 5.73 Å². The van der Waals surface area contributed by atoms with Gasteiger partial charge in [-0.3, -0.25) is 9.80 Å². The molecule has 20 heavy (non-hydrogen) atoms. The standard InChI is InChI=1S/C14H26ClN5/c1-14(2,3)20-7-5-19(6-8-20)11(9-16)12-13(15)18(4)10-17-12/h10-11H,5-9,16H2,1-4H3. The Balaban J connectivity index is 2.06. The first-order valence-corrected chi connectivity index (χ1v) is 7.58. The van der Waals surface area contributed by atoms with Gasteiger partial charge in [0.05, 0.1) is 18.1 Å². The van der Waals surface area contributed by atoms with Crippen molar-refractivity contribution in [2.45, 2.75) is 32.4 Å². The number of nitrogens with zero attached hydrogens (tertiary/aromatic N) is 4. The van der Waals surface area contributed by atoms with Crippen LogP contribution in [0.4, 0.5) is 0 Å². The van der Waals surface area contributed by atoms with E-state index in [2.05, 4.69) is 35.6 Å². The molecule has 5 nitrogen and oxygen atoms in total. The normalized spacial score (nSPS) is 20.3. The van der Waals surface area contributed by atoms with Crippen LogP contribution in [-0.4, -0.2) is 57.6 Å². The lowest BCUT2D eigenvalue weighted by Crippen LogP contribution is -2.54. The number of imidazole rings is 1. The van der Waals surface area contributed by atoms with Crippen molar-refractivity contribution in [3.63, 3.8) is 0 Å². The molecule has 1 unspecified atom stereocenters. The fourth-order valence-corrected chi connectivity index (χ4v) is 3.01. The summed E-state index contributed by atoms with van der Waals surface area (Å²) in [5.41, 5.74) is 7.10. The Bertz CT molecular complexity index is 443. The van der Waals surface area contributed by atoms with Gasteiger partial charge in [0.1, 0.15) is 5.15 Å². The highest BCUT2D eigenvalue weighted by atomic mass is 35.5. The number of nitrogens with two attached hydrogens (primary N) is 1. The van der Waals surface area contributed by atoms with Crippen molar-refractivity contribution in [2.75, 3.05) is 32.7 Å². The summed E-state index contributed by atoms with van der Waals surface area (Å²) in [6.07, 6.45) is 1.76. The molecule has 1 aliphatic heterocycles. The van der Waals surface area contributed by atoms with Crippen molar-refractivity contribution in [2.24, 2.45) is 12.8 Å². The zero-order chi connectivity index (χ0) is 14.9. The minimum Gasteiger partial charge on any atom is -0.329 e. The molecule has 1 fully saturated rings. The Hall–Kier alpha value is -0.620. The molecule has 2 N–H and O–H groups in total. The first-order valence-electron chi connectivity index (χ1n) is 7.20. The smallest absolute Gasteiger partial charge is 0.133 e. The number of hydrogen-bond donors (Lipinski definition) is 1. The van der Waals surface area contributed by atoms with E-state index in [-0.39, 0.29) is 11.6 Å². The molecule has 2 heterocycles. The van der Waals surface area contributed by atoms with Crippen LogP contribution in [0.1, 0.15) is 32.5 Å². The molecule has 0 bridgehead atoms. The zero-order valence-electron chi connectivity index (χ0n) is 12.9. The summed E-state index contributed by atoms with van der Waals surface area (Å²) in [4.78, 5) is 9.34. The monoisotopic (exact) mass is 299 g/mol. The van der Waals surface area contributed by atoms with E-state index in [1.54, 1.807) is 6.33 Å². The summed E-state index contributed by atoms with van der Waals surface area (Å²) in [5.74, 6) is 0. The highest BCUT2D eigenvalue weighted by molar-refractivity contribution is 6.30. The minimum absolute atomic E-state index is 0.116. The maximum atomic E-state index is 6.31. The molecule has 6 heteroatoms. The van der Waals surface area contributed by atoms with Crippen molar-refractivity contribution < 1.29 is 0 Å². The molecular formula is C14H26ClN5. The van der Waals surface area contributed by atoms with Crippen LogP contribution in [0.3, 0.4) is 0 Å². The summed E-state index contributed by atoms with van der Waals surface area (Å²) < 4.78 is 1.84. The molecule has 2 rings (SSSR count). The maximum Gasteiger partial charge on any atom is 0.133 e. The van der Waals surface area contributed by atoms with E-state index >= 15 is 0 Å². The fourth-order valence-electron chi connectivity index (χ4n) is 2.80. The first-order chi connectivity index (χ1) is 9.34. The minimum atomic E-state index is 0.116. The van der Waals surface area contributed by atoms with Crippen LogP contribution in [0.2, 0.25) is 5.15 Å². The second kappa shape index (κ2) is 6.02. The largest absolute Gasteiger partial charge is 0.329 e. The summed E-state index contributed by atoms with van der Waals surface area (Å²) in [7, 11) is 1.91. The van der Waals surface area contributed by atoms with Gasteiger partial charge in [-0.25, -0.2) is 4.98 Å². The van der Waals surface area contributed by atoms with Gasteiger partial charge in [0.15, 0.2) is 0 Å². The van der Waals surface area contributed by atoms with Crippen molar-refractivity contribution in [1.29, 1.82) is 0 Å². The van der Waals surface area contributed by atoms with E-state index in [0.29, 0.717) is 11.7 Å². The van der Waals surface area contributed by atoms with Crippen LogP contribution in [0.5, 0.6) is 0 Å². The average Bonchev–Trinajstić information content (AvgIpc) is 2.72. The van der Waals surface area contributed by atoms with E-state index in [1.807, 2.05) is 11.6 Å². The zero-order valence-corrected chi connectivity index (χ0v) is 13.7. The maximum absolute atomic E-state index is 6.31. The molecular weight excluding hydrogens is 274 g/mol. The third-order valence-corrected chi connectivity index (χ3v) is 4.59. The summed E-state index contributed by atoms with van der Waals surface area (Å²) >= 11 is 6.31. The number of aromatic nitrogens is 2. The Kier molecular flexibility index (Phi) is 4.74. The lowest BCUT2D eigenvalue weighted by Gasteiger charge is -2.44. The van der Waals surface area contributed by atoms with E-state index in [0.717, 1.165) is 31.9 Å². The Morgan fingerprint density at radius 2 is 1.90 bits per heavy atom. The molecule has 1 aliphatic rings. The van der Waals surface area contributed by atoms with Crippen LogP contribution in [0.15, 0.2) is 6.33 Å². The van der Waals surface area contributed by atoms with Gasteiger partial charge >= 0.3 is 0 Å². The van der Waals surface area contributed by atoms with Crippen LogP contribution in [-0.2, 0) is 7.05 Å². The van der Waals surface area contributed by atoms with Crippen LogP contribution in [0, 0.1) is 0 Å². The van der Waals surface area contributed by atoms with Gasteiger partial charge in [-0.05, 0) is 20.8 Å². The predicted molar refractivity (Wildman–Crippen MR) is 82.9 cm³/mol. The van der Waals surface area contributed by atoms with Crippen LogP contribution >= 0.6 is 11.6 Å². The SMILES string of the molecule is Cn1cnc(C(CN)N2CCN(C(C)(C)C)CC2)c1Cl. The van der Waals surface area contributed by atoms with Gasteiger partial charge in [0, 0.05) is 45.3 Å². The Morgan fingerprint density at radius 1 is 1.30 bits per heavy atom. The Labute approximate surface area is 126 Å². The number of piperazine rings is 1. The van der Waals surface area contributed by atoms with E-state index < -0.39 is 0 Å². The van der Waals surface area contributed by atoms with Gasteiger partial charge in [-0.1, -0.05) is 11.6 Å². The van der Waals surface area contributed by atoms with Gasteiger partial charge < -0.3 is 10.3 Å². The topological polar surface area (TPSA) is 50.3 Å². The van der Waals surface area contributed by atoms with Gasteiger partial charge in [0.2, 0.25) is 0 Å². The molecule has 0 saturated carbocycles. The molecule has 0 radical (unpaired) electrons. The molecule has 1 aromatic rings. The quantitative estimate of drug-likeness (QED) is 0.919. The third kappa shape index (κ3) is 3.17. The van der Waals surface area contributed by atoms with E-state index in [4.69, 9.17) is 17.3 Å². The molecule has 0 spiro atoms. The molecule has 0 aliphatic carbocycles.